The molecule has 3 atom stereocenters. The summed E-state index contributed by atoms with van der Waals surface area (Å²) in [4.78, 5) is 0. The van der Waals surface area contributed by atoms with Gasteiger partial charge in [-0.15, -0.1) is 0 Å². The van der Waals surface area contributed by atoms with Crippen LogP contribution in [0.25, 0.3) is 0 Å². The smallest absolute Gasteiger partial charge is 0.0757 e. The third-order valence-corrected chi connectivity index (χ3v) is 4.23. The number of morpholine rings is 1. The molecule has 3 unspecified atom stereocenters. The zero-order valence-electron chi connectivity index (χ0n) is 9.68. The van der Waals surface area contributed by atoms with Gasteiger partial charge in [0.25, 0.3) is 0 Å². The minimum Gasteiger partial charge on any atom is -0.372 e. The van der Waals surface area contributed by atoms with Crippen LogP contribution in [-0.4, -0.2) is 24.8 Å². The van der Waals surface area contributed by atoms with Crippen molar-refractivity contribution in [2.75, 3.05) is 6.54 Å². The van der Waals surface area contributed by atoms with E-state index in [0.717, 1.165) is 6.54 Å². The van der Waals surface area contributed by atoms with Crippen LogP contribution >= 0.6 is 0 Å². The average Bonchev–Trinajstić information content (AvgIpc) is 2.58. The predicted molar refractivity (Wildman–Crippen MR) is 58.4 cm³/mol. The lowest BCUT2D eigenvalue weighted by molar-refractivity contribution is -0.104. The minimum absolute atomic E-state index is 0.367. The number of hydrogen-bond donors (Lipinski definition) is 1. The van der Waals surface area contributed by atoms with Crippen LogP contribution in [0.1, 0.15) is 46.5 Å². The first-order valence-corrected chi connectivity index (χ1v) is 6.01. The quantitative estimate of drug-likeness (QED) is 0.696. The van der Waals surface area contributed by atoms with E-state index in [0.29, 0.717) is 23.7 Å². The normalized spacial score (nSPS) is 42.6. The number of hydrogen-bond acceptors (Lipinski definition) is 2. The van der Waals surface area contributed by atoms with Crippen molar-refractivity contribution in [2.45, 2.75) is 64.7 Å². The van der Waals surface area contributed by atoms with Crippen LogP contribution in [0.5, 0.6) is 0 Å². The number of nitrogens with one attached hydrogen (secondary N) is 1. The maximum atomic E-state index is 6.12. The molecule has 2 heteroatoms. The van der Waals surface area contributed by atoms with Gasteiger partial charge in [-0.05, 0) is 32.1 Å². The molecule has 1 aliphatic heterocycles. The van der Waals surface area contributed by atoms with Crippen LogP contribution < -0.4 is 5.32 Å². The Morgan fingerprint density at radius 1 is 1.21 bits per heavy atom. The summed E-state index contributed by atoms with van der Waals surface area (Å²) in [5, 5.41) is 3.56. The third kappa shape index (κ3) is 1.82. The molecule has 0 aromatic heterocycles. The molecule has 14 heavy (non-hydrogen) atoms. The van der Waals surface area contributed by atoms with E-state index in [2.05, 4.69) is 26.1 Å². The standard InChI is InChI=1S/C12H23NO/c1-9-10(2)14-11(8-13-9)12(3)6-4-5-7-12/h9-11,13H,4-8H2,1-3H3. The van der Waals surface area contributed by atoms with Gasteiger partial charge in [-0.1, -0.05) is 19.8 Å². The fraction of sp³-hybridized carbons (Fsp3) is 1.00. The van der Waals surface area contributed by atoms with Crippen molar-refractivity contribution < 1.29 is 4.74 Å². The van der Waals surface area contributed by atoms with Crippen LogP contribution in [0.4, 0.5) is 0 Å². The second-order valence-corrected chi connectivity index (χ2v) is 5.39. The molecular weight excluding hydrogens is 174 g/mol. The SMILES string of the molecule is CC1NCC(C2(C)CCCC2)OC1C. The average molecular weight is 197 g/mol. The summed E-state index contributed by atoms with van der Waals surface area (Å²) in [6.45, 7) is 7.83. The van der Waals surface area contributed by atoms with Gasteiger partial charge in [-0.25, -0.2) is 0 Å². The van der Waals surface area contributed by atoms with Crippen LogP contribution in [-0.2, 0) is 4.74 Å². The Hall–Kier alpha value is -0.0800. The molecular formula is C12H23NO. The van der Waals surface area contributed by atoms with E-state index in [-0.39, 0.29) is 0 Å². The van der Waals surface area contributed by atoms with Crippen LogP contribution in [0.3, 0.4) is 0 Å². The van der Waals surface area contributed by atoms with Crippen molar-refractivity contribution in [1.29, 1.82) is 0 Å². The summed E-state index contributed by atoms with van der Waals surface area (Å²) in [5.74, 6) is 0. The maximum Gasteiger partial charge on any atom is 0.0757 e. The van der Waals surface area contributed by atoms with Crippen molar-refractivity contribution in [3.63, 3.8) is 0 Å². The van der Waals surface area contributed by atoms with Gasteiger partial charge < -0.3 is 10.1 Å². The molecule has 0 bridgehead atoms. The molecule has 1 aliphatic carbocycles. The fourth-order valence-electron chi connectivity index (χ4n) is 2.80. The summed E-state index contributed by atoms with van der Waals surface area (Å²) in [5.41, 5.74) is 0.446. The van der Waals surface area contributed by atoms with Gasteiger partial charge >= 0.3 is 0 Å². The first-order valence-electron chi connectivity index (χ1n) is 6.01. The highest BCUT2D eigenvalue weighted by atomic mass is 16.5. The van der Waals surface area contributed by atoms with Gasteiger partial charge in [-0.2, -0.15) is 0 Å². The molecule has 0 aromatic carbocycles. The van der Waals surface area contributed by atoms with E-state index in [9.17, 15) is 0 Å². The van der Waals surface area contributed by atoms with Crippen molar-refractivity contribution in [3.05, 3.63) is 0 Å². The second kappa shape index (κ2) is 3.82. The molecule has 2 fully saturated rings. The van der Waals surface area contributed by atoms with E-state index in [1.165, 1.54) is 25.7 Å². The van der Waals surface area contributed by atoms with Gasteiger partial charge in [0.05, 0.1) is 12.2 Å². The minimum atomic E-state index is 0.367. The lowest BCUT2D eigenvalue weighted by Gasteiger charge is -2.42. The number of rotatable bonds is 1. The van der Waals surface area contributed by atoms with E-state index < -0.39 is 0 Å². The monoisotopic (exact) mass is 197 g/mol. The van der Waals surface area contributed by atoms with Gasteiger partial charge in [0.15, 0.2) is 0 Å². The molecule has 0 radical (unpaired) electrons. The molecule has 0 spiro atoms. The van der Waals surface area contributed by atoms with Crippen molar-refractivity contribution >= 4 is 0 Å². The van der Waals surface area contributed by atoms with E-state index in [4.69, 9.17) is 4.74 Å². The Kier molecular flexibility index (Phi) is 2.85. The summed E-state index contributed by atoms with van der Waals surface area (Å²) in [6, 6.07) is 0.510. The highest BCUT2D eigenvalue weighted by Gasteiger charge is 2.40. The second-order valence-electron chi connectivity index (χ2n) is 5.39. The van der Waals surface area contributed by atoms with Gasteiger partial charge in [0.1, 0.15) is 0 Å². The topological polar surface area (TPSA) is 21.3 Å². The molecule has 0 aromatic rings. The van der Waals surface area contributed by atoms with Crippen molar-refractivity contribution in [1.82, 2.24) is 5.32 Å². The highest BCUT2D eigenvalue weighted by Crippen LogP contribution is 2.42. The Bertz CT molecular complexity index is 198. The Morgan fingerprint density at radius 2 is 1.86 bits per heavy atom. The molecule has 2 rings (SSSR count). The summed E-state index contributed by atoms with van der Waals surface area (Å²) < 4.78 is 6.12. The molecule has 1 N–H and O–H groups in total. The number of ether oxygens (including phenoxy) is 1. The Labute approximate surface area is 87.4 Å². The summed E-state index contributed by atoms with van der Waals surface area (Å²) in [6.07, 6.45) is 6.28. The van der Waals surface area contributed by atoms with Crippen molar-refractivity contribution in [2.24, 2.45) is 5.41 Å². The zero-order valence-corrected chi connectivity index (χ0v) is 9.68. The zero-order chi connectivity index (χ0) is 10.2. The Balaban J connectivity index is 1.98. The van der Waals surface area contributed by atoms with Crippen LogP contribution in [0, 0.1) is 5.41 Å². The predicted octanol–water partition coefficient (Wildman–Crippen LogP) is 2.33. The van der Waals surface area contributed by atoms with Gasteiger partial charge in [0, 0.05) is 12.6 Å². The van der Waals surface area contributed by atoms with Gasteiger partial charge in [0.2, 0.25) is 0 Å². The lowest BCUT2D eigenvalue weighted by Crippen LogP contribution is -2.54. The molecule has 2 aliphatic rings. The lowest BCUT2D eigenvalue weighted by atomic mass is 9.81. The molecule has 1 saturated heterocycles. The summed E-state index contributed by atoms with van der Waals surface area (Å²) >= 11 is 0. The molecule has 1 saturated carbocycles. The first kappa shape index (κ1) is 10.4. The van der Waals surface area contributed by atoms with Crippen LogP contribution in [0.15, 0.2) is 0 Å². The molecule has 1 heterocycles. The summed E-state index contributed by atoms with van der Waals surface area (Å²) in [7, 11) is 0. The van der Waals surface area contributed by atoms with Crippen LogP contribution in [0.2, 0.25) is 0 Å². The van der Waals surface area contributed by atoms with E-state index in [1.54, 1.807) is 0 Å². The highest BCUT2D eigenvalue weighted by molar-refractivity contribution is 4.93. The van der Waals surface area contributed by atoms with E-state index >= 15 is 0 Å². The Morgan fingerprint density at radius 3 is 2.43 bits per heavy atom. The fourth-order valence-corrected chi connectivity index (χ4v) is 2.80. The largest absolute Gasteiger partial charge is 0.372 e. The third-order valence-electron chi connectivity index (χ3n) is 4.23. The van der Waals surface area contributed by atoms with Gasteiger partial charge in [-0.3, -0.25) is 0 Å². The van der Waals surface area contributed by atoms with E-state index in [1.807, 2.05) is 0 Å². The first-order chi connectivity index (χ1) is 6.62. The molecule has 2 nitrogen and oxygen atoms in total. The maximum absolute atomic E-state index is 6.12. The molecule has 0 amide bonds. The van der Waals surface area contributed by atoms with Crippen molar-refractivity contribution in [3.8, 4) is 0 Å². The molecule has 82 valence electrons.